The zero-order chi connectivity index (χ0) is 44.4. The van der Waals surface area contributed by atoms with Crippen molar-refractivity contribution in [2.45, 2.75) is 284 Å². The van der Waals surface area contributed by atoms with E-state index in [2.05, 4.69) is 57.2 Å². The second-order valence-corrected chi connectivity index (χ2v) is 17.8. The Kier molecular flexibility index (Phi) is 48.3. The predicted octanol–water partition coefficient (Wildman–Crippen LogP) is 17.3. The Balaban J connectivity index is 4.39. The molecule has 0 radical (unpaired) electrons. The van der Waals surface area contributed by atoms with Crippen LogP contribution in [0, 0.1) is 0 Å². The Morgan fingerprint density at radius 2 is 0.590 bits per heavy atom. The third-order valence-corrected chi connectivity index (χ3v) is 11.6. The molecule has 0 fully saturated rings. The summed E-state index contributed by atoms with van der Waals surface area (Å²) in [6, 6.07) is 0. The fourth-order valence-corrected chi connectivity index (χ4v) is 7.63. The fourth-order valence-electron chi connectivity index (χ4n) is 7.63. The van der Waals surface area contributed by atoms with Crippen LogP contribution >= 0.6 is 0 Å². The summed E-state index contributed by atoms with van der Waals surface area (Å²) >= 11 is 0. The summed E-state index contributed by atoms with van der Waals surface area (Å²) in [5, 5.41) is 0. The molecule has 356 valence electrons. The van der Waals surface area contributed by atoms with Gasteiger partial charge in [-0.1, -0.05) is 237 Å². The lowest BCUT2D eigenvalue weighted by Gasteiger charge is -2.18. The molecule has 0 aliphatic carbocycles. The van der Waals surface area contributed by atoms with Gasteiger partial charge in [-0.3, -0.25) is 14.4 Å². The van der Waals surface area contributed by atoms with Crippen molar-refractivity contribution in [1.29, 1.82) is 0 Å². The lowest BCUT2D eigenvalue weighted by Crippen LogP contribution is -2.30. The molecule has 0 aromatic rings. The van der Waals surface area contributed by atoms with Crippen molar-refractivity contribution in [3.8, 4) is 0 Å². The summed E-state index contributed by atoms with van der Waals surface area (Å²) in [6.45, 7) is 6.60. The summed E-state index contributed by atoms with van der Waals surface area (Å²) in [4.78, 5) is 38.0. The van der Waals surface area contributed by atoms with Crippen LogP contribution in [0.25, 0.3) is 0 Å². The average Bonchev–Trinajstić information content (AvgIpc) is 3.26. The van der Waals surface area contributed by atoms with Crippen LogP contribution in [0.3, 0.4) is 0 Å². The van der Waals surface area contributed by atoms with E-state index in [4.69, 9.17) is 14.2 Å². The van der Waals surface area contributed by atoms with E-state index in [1.807, 2.05) is 0 Å². The molecule has 0 aromatic carbocycles. The lowest BCUT2D eigenvalue weighted by molar-refractivity contribution is -0.167. The van der Waals surface area contributed by atoms with E-state index < -0.39 is 6.10 Å². The lowest BCUT2D eigenvalue weighted by atomic mass is 10.0. The molecule has 0 unspecified atom stereocenters. The van der Waals surface area contributed by atoms with Gasteiger partial charge in [0.15, 0.2) is 6.10 Å². The van der Waals surface area contributed by atoms with Crippen LogP contribution in [0.1, 0.15) is 278 Å². The van der Waals surface area contributed by atoms with Crippen molar-refractivity contribution >= 4 is 17.9 Å². The molecule has 6 heteroatoms. The summed E-state index contributed by atoms with van der Waals surface area (Å²) in [5.74, 6) is -0.909. The highest BCUT2D eigenvalue weighted by Gasteiger charge is 2.19. The minimum atomic E-state index is -0.786. The van der Waals surface area contributed by atoms with Crippen LogP contribution < -0.4 is 0 Å². The van der Waals surface area contributed by atoms with Gasteiger partial charge in [-0.05, 0) is 57.8 Å². The first-order valence-corrected chi connectivity index (χ1v) is 26.5. The summed E-state index contributed by atoms with van der Waals surface area (Å²) in [6.07, 6.45) is 58.4. The zero-order valence-corrected chi connectivity index (χ0v) is 40.7. The van der Waals surface area contributed by atoms with Gasteiger partial charge in [-0.2, -0.15) is 0 Å². The van der Waals surface area contributed by atoms with Crippen LogP contribution in [0.2, 0.25) is 0 Å². The highest BCUT2D eigenvalue weighted by atomic mass is 16.6. The largest absolute Gasteiger partial charge is 0.462 e. The van der Waals surface area contributed by atoms with Gasteiger partial charge in [0, 0.05) is 19.3 Å². The molecule has 1 atom stereocenters. The van der Waals surface area contributed by atoms with E-state index in [1.165, 1.54) is 167 Å². The number of carbonyl (C=O) groups is 3. The maximum atomic E-state index is 12.8. The third-order valence-electron chi connectivity index (χ3n) is 11.6. The van der Waals surface area contributed by atoms with Crippen molar-refractivity contribution in [1.82, 2.24) is 0 Å². The van der Waals surface area contributed by atoms with E-state index in [0.29, 0.717) is 19.3 Å². The molecule has 0 aliphatic rings. The van der Waals surface area contributed by atoms with Crippen molar-refractivity contribution in [3.63, 3.8) is 0 Å². The van der Waals surface area contributed by atoms with Crippen LogP contribution in [-0.4, -0.2) is 37.2 Å². The average molecular weight is 857 g/mol. The Bertz CT molecular complexity index is 1030. The number of ether oxygens (including phenoxy) is 3. The number of hydrogen-bond donors (Lipinski definition) is 0. The Hall–Kier alpha value is -2.37. The van der Waals surface area contributed by atoms with Crippen molar-refractivity contribution in [2.75, 3.05) is 13.2 Å². The Morgan fingerprint density at radius 3 is 0.951 bits per heavy atom. The van der Waals surface area contributed by atoms with Gasteiger partial charge in [-0.25, -0.2) is 0 Å². The monoisotopic (exact) mass is 857 g/mol. The van der Waals surface area contributed by atoms with Gasteiger partial charge in [0.1, 0.15) is 13.2 Å². The highest BCUT2D eigenvalue weighted by Crippen LogP contribution is 2.16. The topological polar surface area (TPSA) is 78.9 Å². The molecule has 0 bridgehead atoms. The zero-order valence-electron chi connectivity index (χ0n) is 40.7. The third kappa shape index (κ3) is 48.5. The molecule has 0 rings (SSSR count). The van der Waals surface area contributed by atoms with Gasteiger partial charge >= 0.3 is 17.9 Å². The molecule has 6 nitrogen and oxygen atoms in total. The molecule has 0 spiro atoms. The van der Waals surface area contributed by atoms with Crippen LogP contribution in [-0.2, 0) is 28.6 Å². The first kappa shape index (κ1) is 58.6. The first-order valence-electron chi connectivity index (χ1n) is 26.5. The minimum Gasteiger partial charge on any atom is -0.462 e. The molecule has 0 N–H and O–H groups in total. The maximum Gasteiger partial charge on any atom is 0.306 e. The highest BCUT2D eigenvalue weighted by molar-refractivity contribution is 5.71. The predicted molar refractivity (Wildman–Crippen MR) is 261 cm³/mol. The van der Waals surface area contributed by atoms with Gasteiger partial charge in [0.2, 0.25) is 0 Å². The number of esters is 3. The molecule has 61 heavy (non-hydrogen) atoms. The van der Waals surface area contributed by atoms with E-state index in [0.717, 1.165) is 64.2 Å². The quantitative estimate of drug-likeness (QED) is 0.0262. The summed E-state index contributed by atoms with van der Waals surface area (Å²) < 4.78 is 16.8. The SMILES string of the molecule is CCCCC/C=C\C/C=C\C/C=C\CCCCC(=O)O[C@H](COC(=O)CCCCCCCCCCCCCC)COC(=O)CCCCCCCCCCCCCCCCCC. The van der Waals surface area contributed by atoms with Gasteiger partial charge in [0.25, 0.3) is 0 Å². The fraction of sp³-hybridized carbons (Fsp3) is 0.836. The summed E-state index contributed by atoms with van der Waals surface area (Å²) in [7, 11) is 0. The molecular weight excluding hydrogens is 757 g/mol. The normalized spacial score (nSPS) is 12.2. The first-order chi connectivity index (χ1) is 30.0. The maximum absolute atomic E-state index is 12.8. The van der Waals surface area contributed by atoms with Gasteiger partial charge in [-0.15, -0.1) is 0 Å². The summed E-state index contributed by atoms with van der Waals surface area (Å²) in [5.41, 5.74) is 0. The van der Waals surface area contributed by atoms with Gasteiger partial charge in [0.05, 0.1) is 0 Å². The van der Waals surface area contributed by atoms with E-state index in [9.17, 15) is 14.4 Å². The Morgan fingerprint density at radius 1 is 0.328 bits per heavy atom. The number of rotatable bonds is 48. The van der Waals surface area contributed by atoms with Crippen LogP contribution in [0.4, 0.5) is 0 Å². The van der Waals surface area contributed by atoms with E-state index >= 15 is 0 Å². The number of allylic oxidation sites excluding steroid dienone is 6. The number of unbranched alkanes of at least 4 members (excludes halogenated alkanes) is 31. The minimum absolute atomic E-state index is 0.0831. The van der Waals surface area contributed by atoms with Gasteiger partial charge < -0.3 is 14.2 Å². The molecule has 0 heterocycles. The standard InChI is InChI=1S/C55H100O6/c1-4-7-10-13-16-19-22-25-27-29-30-33-36-39-42-45-48-54(57)60-51-52(50-59-53(56)47-44-41-38-35-32-24-21-18-15-12-9-6-3)61-55(58)49-46-43-40-37-34-31-28-26-23-20-17-14-11-8-5-2/h17,20,26,28,34,37,52H,4-16,18-19,21-25,27,29-33,35-36,38-51H2,1-3H3/b20-17-,28-26-,37-34-/t52-/m1/s1. The second-order valence-electron chi connectivity index (χ2n) is 17.8. The van der Waals surface area contributed by atoms with Crippen LogP contribution in [0.5, 0.6) is 0 Å². The van der Waals surface area contributed by atoms with Crippen molar-refractivity contribution < 1.29 is 28.6 Å². The van der Waals surface area contributed by atoms with Crippen LogP contribution in [0.15, 0.2) is 36.5 Å². The van der Waals surface area contributed by atoms with E-state index in [-0.39, 0.29) is 37.5 Å². The molecule has 0 amide bonds. The molecule has 0 saturated carbocycles. The van der Waals surface area contributed by atoms with Crippen molar-refractivity contribution in [3.05, 3.63) is 36.5 Å². The smallest absolute Gasteiger partial charge is 0.306 e. The molecule has 0 saturated heterocycles. The van der Waals surface area contributed by atoms with Crippen molar-refractivity contribution in [2.24, 2.45) is 0 Å². The molecule has 0 aliphatic heterocycles. The molecular formula is C55H100O6. The second kappa shape index (κ2) is 50.3. The number of carbonyl (C=O) groups excluding carboxylic acids is 3. The molecule has 0 aromatic heterocycles. The number of hydrogen-bond acceptors (Lipinski definition) is 6. The Labute approximate surface area is 378 Å². The van der Waals surface area contributed by atoms with E-state index in [1.54, 1.807) is 0 Å².